The largest absolute Gasteiger partial charge is 0.496 e. The van der Waals surface area contributed by atoms with Crippen LogP contribution >= 0.6 is 11.3 Å². The summed E-state index contributed by atoms with van der Waals surface area (Å²) in [6.45, 7) is 5.74. The Hall–Kier alpha value is -3.19. The molecule has 0 aliphatic carbocycles. The van der Waals surface area contributed by atoms with Gasteiger partial charge in [-0.3, -0.25) is 9.59 Å². The number of rotatable bonds is 7. The molecule has 2 aromatic carbocycles. The molecule has 156 valence electrons. The normalized spacial score (nSPS) is 11.8. The van der Waals surface area contributed by atoms with Crippen LogP contribution in [-0.2, 0) is 4.79 Å². The lowest BCUT2D eigenvalue weighted by molar-refractivity contribution is -0.118. The molecule has 0 saturated heterocycles. The highest BCUT2D eigenvalue weighted by atomic mass is 32.1. The molecule has 1 aromatic heterocycles. The summed E-state index contributed by atoms with van der Waals surface area (Å²) in [5.74, 6) is 0.0447. The van der Waals surface area contributed by atoms with Gasteiger partial charge in [-0.1, -0.05) is 43.7 Å². The van der Waals surface area contributed by atoms with E-state index in [0.29, 0.717) is 16.4 Å². The van der Waals surface area contributed by atoms with E-state index in [4.69, 9.17) is 4.74 Å². The minimum absolute atomic E-state index is 0.0898. The smallest absolute Gasteiger partial charge is 0.251 e. The molecule has 30 heavy (non-hydrogen) atoms. The number of hydrogen-bond donors (Lipinski definition) is 2. The van der Waals surface area contributed by atoms with Crippen LogP contribution < -0.4 is 15.4 Å². The van der Waals surface area contributed by atoms with Gasteiger partial charge in [-0.2, -0.15) is 0 Å². The van der Waals surface area contributed by atoms with Crippen molar-refractivity contribution in [2.45, 2.75) is 26.8 Å². The van der Waals surface area contributed by atoms with E-state index >= 15 is 0 Å². The maximum absolute atomic E-state index is 12.9. The Morgan fingerprint density at radius 2 is 1.77 bits per heavy atom. The van der Waals surface area contributed by atoms with Gasteiger partial charge in [-0.05, 0) is 37.1 Å². The number of anilines is 1. The molecule has 0 bridgehead atoms. The number of amides is 2. The molecule has 2 N–H and O–H groups in total. The molecule has 1 heterocycles. The standard InChI is InChI=1S/C23H25N3O3S/c1-14(2)20(25-21(27)16-11-9-15(3)10-12-16)22(28)26-23-24-18(13-30-23)17-7-5-6-8-19(17)29-4/h5-14,20H,1-4H3,(H,25,27)(H,24,26,28). The molecule has 0 saturated carbocycles. The summed E-state index contributed by atoms with van der Waals surface area (Å²) in [7, 11) is 1.61. The Kier molecular flexibility index (Phi) is 6.84. The Morgan fingerprint density at radius 3 is 2.43 bits per heavy atom. The molecule has 0 radical (unpaired) electrons. The number of ether oxygens (including phenoxy) is 1. The first-order valence-electron chi connectivity index (χ1n) is 9.66. The lowest BCUT2D eigenvalue weighted by atomic mass is 10.0. The van der Waals surface area contributed by atoms with Crippen LogP contribution in [0.5, 0.6) is 5.75 Å². The SMILES string of the molecule is COc1ccccc1-c1csc(NC(=O)C(NC(=O)c2ccc(C)cc2)C(C)C)n1. The predicted molar refractivity (Wildman–Crippen MR) is 120 cm³/mol. The topological polar surface area (TPSA) is 80.3 Å². The van der Waals surface area contributed by atoms with Gasteiger partial charge in [0, 0.05) is 16.5 Å². The van der Waals surface area contributed by atoms with Gasteiger partial charge in [-0.25, -0.2) is 4.98 Å². The molecule has 2 amide bonds. The van der Waals surface area contributed by atoms with Gasteiger partial charge in [0.1, 0.15) is 11.8 Å². The lowest BCUT2D eigenvalue weighted by Crippen LogP contribution is -2.47. The van der Waals surface area contributed by atoms with Crippen molar-refractivity contribution >= 4 is 28.3 Å². The molecular formula is C23H25N3O3S. The van der Waals surface area contributed by atoms with Gasteiger partial charge in [0.15, 0.2) is 5.13 Å². The first kappa shape index (κ1) is 21.5. The van der Waals surface area contributed by atoms with Gasteiger partial charge >= 0.3 is 0 Å². The van der Waals surface area contributed by atoms with Crippen LogP contribution in [-0.4, -0.2) is 29.9 Å². The van der Waals surface area contributed by atoms with E-state index in [-0.39, 0.29) is 17.7 Å². The minimum Gasteiger partial charge on any atom is -0.496 e. The Bertz CT molecular complexity index is 1030. The fourth-order valence-corrected chi connectivity index (χ4v) is 3.67. The highest BCUT2D eigenvalue weighted by Gasteiger charge is 2.25. The second-order valence-corrected chi connectivity index (χ2v) is 8.15. The third-order valence-electron chi connectivity index (χ3n) is 4.67. The van der Waals surface area contributed by atoms with Gasteiger partial charge < -0.3 is 15.4 Å². The Labute approximate surface area is 180 Å². The molecule has 1 unspecified atom stereocenters. The van der Waals surface area contributed by atoms with Crippen LogP contribution in [0.2, 0.25) is 0 Å². The third-order valence-corrected chi connectivity index (χ3v) is 5.42. The number of methoxy groups -OCH3 is 1. The van der Waals surface area contributed by atoms with Crippen molar-refractivity contribution in [2.75, 3.05) is 12.4 Å². The minimum atomic E-state index is -0.683. The van der Waals surface area contributed by atoms with E-state index in [1.807, 2.05) is 62.5 Å². The maximum Gasteiger partial charge on any atom is 0.251 e. The van der Waals surface area contributed by atoms with Gasteiger partial charge in [0.25, 0.3) is 5.91 Å². The van der Waals surface area contributed by atoms with Gasteiger partial charge in [-0.15, -0.1) is 11.3 Å². The summed E-state index contributed by atoms with van der Waals surface area (Å²) >= 11 is 1.33. The molecule has 3 aromatic rings. The van der Waals surface area contributed by atoms with Crippen LogP contribution in [0.4, 0.5) is 5.13 Å². The second kappa shape index (κ2) is 9.54. The second-order valence-electron chi connectivity index (χ2n) is 7.29. The number of thiazole rings is 1. The van der Waals surface area contributed by atoms with Crippen LogP contribution in [0.1, 0.15) is 29.8 Å². The average Bonchev–Trinajstić information content (AvgIpc) is 3.20. The van der Waals surface area contributed by atoms with Crippen molar-refractivity contribution in [3.63, 3.8) is 0 Å². The summed E-state index contributed by atoms with van der Waals surface area (Å²) in [5.41, 5.74) is 3.16. The zero-order chi connectivity index (χ0) is 21.7. The Balaban J connectivity index is 1.72. The van der Waals surface area contributed by atoms with Crippen LogP contribution in [0.25, 0.3) is 11.3 Å². The lowest BCUT2D eigenvalue weighted by Gasteiger charge is -2.21. The van der Waals surface area contributed by atoms with Crippen LogP contribution in [0, 0.1) is 12.8 Å². The molecule has 7 heteroatoms. The number of hydrogen-bond acceptors (Lipinski definition) is 5. The molecule has 0 spiro atoms. The van der Waals surface area contributed by atoms with Gasteiger partial charge in [0.2, 0.25) is 5.91 Å². The highest BCUT2D eigenvalue weighted by Crippen LogP contribution is 2.32. The Morgan fingerprint density at radius 1 is 1.07 bits per heavy atom. The molecule has 0 fully saturated rings. The summed E-state index contributed by atoms with van der Waals surface area (Å²) in [6, 6.07) is 14.1. The molecule has 0 aliphatic rings. The molecule has 6 nitrogen and oxygen atoms in total. The molecule has 1 atom stereocenters. The van der Waals surface area contributed by atoms with Crippen molar-refractivity contribution in [1.29, 1.82) is 0 Å². The molecular weight excluding hydrogens is 398 g/mol. The fourth-order valence-electron chi connectivity index (χ4n) is 2.96. The van der Waals surface area contributed by atoms with Crippen LogP contribution in [0.3, 0.4) is 0 Å². The van der Waals surface area contributed by atoms with Gasteiger partial charge in [0.05, 0.1) is 12.8 Å². The van der Waals surface area contributed by atoms with E-state index in [1.165, 1.54) is 11.3 Å². The third kappa shape index (κ3) is 5.04. The maximum atomic E-state index is 12.9. The number of para-hydroxylation sites is 1. The highest BCUT2D eigenvalue weighted by molar-refractivity contribution is 7.14. The number of carbonyl (C=O) groups is 2. The van der Waals surface area contributed by atoms with Crippen LogP contribution in [0.15, 0.2) is 53.9 Å². The number of carbonyl (C=O) groups excluding carboxylic acids is 2. The number of aromatic nitrogens is 1. The summed E-state index contributed by atoms with van der Waals surface area (Å²) < 4.78 is 5.38. The summed E-state index contributed by atoms with van der Waals surface area (Å²) in [5, 5.41) is 8.00. The zero-order valence-electron chi connectivity index (χ0n) is 17.4. The summed E-state index contributed by atoms with van der Waals surface area (Å²) in [6.07, 6.45) is 0. The fraction of sp³-hybridized carbons (Fsp3) is 0.261. The number of aryl methyl sites for hydroxylation is 1. The number of benzene rings is 2. The molecule has 0 aliphatic heterocycles. The van der Waals surface area contributed by atoms with Crippen molar-refractivity contribution in [3.05, 3.63) is 65.0 Å². The zero-order valence-corrected chi connectivity index (χ0v) is 18.2. The van der Waals surface area contributed by atoms with Crippen molar-refractivity contribution in [2.24, 2.45) is 5.92 Å². The number of nitrogens with zero attached hydrogens (tertiary/aromatic N) is 1. The quantitative estimate of drug-likeness (QED) is 0.585. The number of nitrogens with one attached hydrogen (secondary N) is 2. The monoisotopic (exact) mass is 423 g/mol. The van der Waals surface area contributed by atoms with E-state index in [0.717, 1.165) is 16.8 Å². The first-order chi connectivity index (χ1) is 14.4. The van der Waals surface area contributed by atoms with E-state index in [2.05, 4.69) is 15.6 Å². The average molecular weight is 424 g/mol. The first-order valence-corrected chi connectivity index (χ1v) is 10.5. The van der Waals surface area contributed by atoms with E-state index < -0.39 is 6.04 Å². The van der Waals surface area contributed by atoms with Crippen molar-refractivity contribution in [1.82, 2.24) is 10.3 Å². The van der Waals surface area contributed by atoms with Crippen molar-refractivity contribution in [3.8, 4) is 17.0 Å². The van der Waals surface area contributed by atoms with E-state index in [9.17, 15) is 9.59 Å². The molecule has 3 rings (SSSR count). The van der Waals surface area contributed by atoms with E-state index in [1.54, 1.807) is 19.2 Å². The van der Waals surface area contributed by atoms with Crippen molar-refractivity contribution < 1.29 is 14.3 Å². The summed E-state index contributed by atoms with van der Waals surface area (Å²) in [4.78, 5) is 29.9. The predicted octanol–water partition coefficient (Wildman–Crippen LogP) is 4.52.